The Balaban J connectivity index is 1.92. The first-order chi connectivity index (χ1) is 10.2. The van der Waals surface area contributed by atoms with Gasteiger partial charge in [-0.15, -0.1) is 0 Å². The van der Waals surface area contributed by atoms with Crippen molar-refractivity contribution in [3.8, 4) is 0 Å². The predicted molar refractivity (Wildman–Crippen MR) is 77.1 cm³/mol. The van der Waals surface area contributed by atoms with E-state index in [0.717, 1.165) is 22.2 Å². The van der Waals surface area contributed by atoms with Gasteiger partial charge in [-0.05, 0) is 23.8 Å². The molecule has 2 atom stereocenters. The van der Waals surface area contributed by atoms with E-state index in [9.17, 15) is 9.90 Å². The number of carbonyl (C=O) groups is 1. The third-order valence-corrected chi connectivity index (χ3v) is 4.04. The molecule has 21 heavy (non-hydrogen) atoms. The summed E-state index contributed by atoms with van der Waals surface area (Å²) in [6.45, 7) is 0. The lowest BCUT2D eigenvalue weighted by Crippen LogP contribution is -2.44. The van der Waals surface area contributed by atoms with Crippen LogP contribution in [0.15, 0.2) is 47.1 Å². The topological polar surface area (TPSA) is 78.3 Å². The molecule has 0 aliphatic carbocycles. The lowest BCUT2D eigenvalue weighted by Gasteiger charge is -2.27. The summed E-state index contributed by atoms with van der Waals surface area (Å²) in [5, 5.41) is 13.6. The van der Waals surface area contributed by atoms with E-state index < -0.39 is 12.0 Å². The van der Waals surface area contributed by atoms with Crippen LogP contribution in [0.2, 0.25) is 0 Å². The van der Waals surface area contributed by atoms with Crippen molar-refractivity contribution in [1.82, 2.24) is 10.3 Å². The number of carboxylic acids is 1. The normalized spacial score (nSPS) is 21.3. The van der Waals surface area contributed by atoms with Crippen molar-refractivity contribution in [3.05, 3.63) is 59.7 Å². The highest BCUT2D eigenvalue weighted by molar-refractivity contribution is 5.87. The lowest BCUT2D eigenvalue weighted by molar-refractivity contribution is -0.139. The van der Waals surface area contributed by atoms with Crippen molar-refractivity contribution >= 4 is 16.9 Å². The van der Waals surface area contributed by atoms with Gasteiger partial charge in [0.2, 0.25) is 0 Å². The summed E-state index contributed by atoms with van der Waals surface area (Å²) in [5.41, 5.74) is 3.06. The molecule has 0 radical (unpaired) electrons. The summed E-state index contributed by atoms with van der Waals surface area (Å²) in [6, 6.07) is 10.7. The van der Waals surface area contributed by atoms with Crippen molar-refractivity contribution in [2.75, 3.05) is 0 Å². The van der Waals surface area contributed by atoms with E-state index in [-0.39, 0.29) is 6.04 Å². The minimum Gasteiger partial charge on any atom is -0.480 e. The molecule has 3 N–H and O–H groups in total. The highest BCUT2D eigenvalue weighted by atomic mass is 16.4. The zero-order valence-corrected chi connectivity index (χ0v) is 11.2. The third-order valence-electron chi connectivity index (χ3n) is 4.04. The molecule has 1 unspecified atom stereocenters. The summed E-state index contributed by atoms with van der Waals surface area (Å²) < 4.78 is 5.48. The van der Waals surface area contributed by atoms with Gasteiger partial charge in [0, 0.05) is 23.0 Å². The van der Waals surface area contributed by atoms with Crippen LogP contribution >= 0.6 is 0 Å². The third kappa shape index (κ3) is 1.86. The van der Waals surface area contributed by atoms with E-state index in [1.807, 2.05) is 36.4 Å². The second-order valence-corrected chi connectivity index (χ2v) is 5.27. The van der Waals surface area contributed by atoms with Gasteiger partial charge in [0.25, 0.3) is 0 Å². The Morgan fingerprint density at radius 2 is 2.10 bits per heavy atom. The van der Waals surface area contributed by atoms with Gasteiger partial charge < -0.3 is 14.5 Å². The minimum absolute atomic E-state index is 0.266. The Morgan fingerprint density at radius 3 is 2.86 bits per heavy atom. The molecule has 3 heterocycles. The number of furan rings is 1. The number of rotatable bonds is 2. The van der Waals surface area contributed by atoms with Crippen LogP contribution in [0, 0.1) is 0 Å². The Hall–Kier alpha value is -2.53. The van der Waals surface area contributed by atoms with Crippen molar-refractivity contribution in [3.63, 3.8) is 0 Å². The smallest absolute Gasteiger partial charge is 0.321 e. The second-order valence-electron chi connectivity index (χ2n) is 5.27. The molecular weight excluding hydrogens is 268 g/mol. The number of aromatic nitrogens is 1. The monoisotopic (exact) mass is 282 g/mol. The summed E-state index contributed by atoms with van der Waals surface area (Å²) in [6.07, 6.45) is 2.07. The molecule has 2 aromatic heterocycles. The maximum Gasteiger partial charge on any atom is 0.321 e. The van der Waals surface area contributed by atoms with Crippen molar-refractivity contribution in [2.24, 2.45) is 0 Å². The van der Waals surface area contributed by atoms with Crippen LogP contribution in [0.5, 0.6) is 0 Å². The molecule has 0 saturated heterocycles. The highest BCUT2D eigenvalue weighted by Crippen LogP contribution is 2.35. The molecule has 5 heteroatoms. The van der Waals surface area contributed by atoms with E-state index in [4.69, 9.17) is 4.42 Å². The number of H-pyrrole nitrogens is 1. The number of para-hydroxylation sites is 1. The molecule has 4 rings (SSSR count). The molecule has 0 spiro atoms. The van der Waals surface area contributed by atoms with Crippen LogP contribution in [0.3, 0.4) is 0 Å². The first-order valence-electron chi connectivity index (χ1n) is 6.86. The molecule has 0 saturated carbocycles. The predicted octanol–water partition coefficient (Wildman–Crippen LogP) is 2.45. The van der Waals surface area contributed by atoms with Gasteiger partial charge in [0.05, 0.1) is 6.26 Å². The average molecular weight is 282 g/mol. The standard InChI is InChI=1S/C16H14N2O3/c19-16(20)12-8-10-9-4-1-2-5-11(9)17-14(10)15(18-12)13-6-3-7-21-13/h1-7,12,15,17-18H,8H2,(H,19,20)/t12?,15-/m0/s1. The Labute approximate surface area is 120 Å². The van der Waals surface area contributed by atoms with Crippen LogP contribution in [-0.2, 0) is 11.2 Å². The molecule has 1 aromatic carbocycles. The van der Waals surface area contributed by atoms with Crippen molar-refractivity contribution in [1.29, 1.82) is 0 Å². The van der Waals surface area contributed by atoms with E-state index >= 15 is 0 Å². The van der Waals surface area contributed by atoms with Gasteiger partial charge in [-0.1, -0.05) is 18.2 Å². The fraction of sp³-hybridized carbons (Fsp3) is 0.188. The van der Waals surface area contributed by atoms with Crippen molar-refractivity contribution < 1.29 is 14.3 Å². The Bertz CT molecular complexity index is 804. The maximum absolute atomic E-state index is 11.4. The van der Waals surface area contributed by atoms with Crippen LogP contribution < -0.4 is 5.32 Å². The van der Waals surface area contributed by atoms with Crippen LogP contribution in [0.4, 0.5) is 0 Å². The van der Waals surface area contributed by atoms with E-state index in [1.54, 1.807) is 6.26 Å². The quantitative estimate of drug-likeness (QED) is 0.674. The molecule has 106 valence electrons. The summed E-state index contributed by atoms with van der Waals surface area (Å²) in [5.74, 6) is -0.128. The zero-order valence-electron chi connectivity index (χ0n) is 11.2. The number of aliphatic carboxylic acids is 1. The number of hydrogen-bond donors (Lipinski definition) is 3. The highest BCUT2D eigenvalue weighted by Gasteiger charge is 2.34. The van der Waals surface area contributed by atoms with Gasteiger partial charge in [-0.25, -0.2) is 0 Å². The SMILES string of the molecule is O=C(O)C1Cc2c([nH]c3ccccc23)[C@H](c2ccco2)N1. The number of aromatic amines is 1. The van der Waals surface area contributed by atoms with Gasteiger partial charge in [0.1, 0.15) is 17.8 Å². The molecule has 0 fully saturated rings. The zero-order chi connectivity index (χ0) is 14.4. The number of hydrogen-bond acceptors (Lipinski definition) is 3. The average Bonchev–Trinajstić information content (AvgIpc) is 3.13. The van der Waals surface area contributed by atoms with Crippen molar-refractivity contribution in [2.45, 2.75) is 18.5 Å². The fourth-order valence-electron chi connectivity index (χ4n) is 3.07. The molecule has 0 bridgehead atoms. The summed E-state index contributed by atoms with van der Waals surface area (Å²) in [4.78, 5) is 14.8. The van der Waals surface area contributed by atoms with Crippen LogP contribution in [-0.4, -0.2) is 22.1 Å². The minimum atomic E-state index is -0.845. The number of carboxylic acid groups (broad SMARTS) is 1. The van der Waals surface area contributed by atoms with Gasteiger partial charge >= 0.3 is 5.97 Å². The summed E-state index contributed by atoms with van der Waals surface area (Å²) >= 11 is 0. The molecule has 1 aliphatic heterocycles. The lowest BCUT2D eigenvalue weighted by atomic mass is 9.93. The van der Waals surface area contributed by atoms with Crippen LogP contribution in [0.25, 0.3) is 10.9 Å². The van der Waals surface area contributed by atoms with Crippen LogP contribution in [0.1, 0.15) is 23.1 Å². The number of benzene rings is 1. The molecule has 0 amide bonds. The first-order valence-corrected chi connectivity index (χ1v) is 6.86. The fourth-order valence-corrected chi connectivity index (χ4v) is 3.07. The molecule has 5 nitrogen and oxygen atoms in total. The molecule has 1 aliphatic rings. The molecule has 3 aromatic rings. The molecular formula is C16H14N2O3. The van der Waals surface area contributed by atoms with E-state index in [2.05, 4.69) is 10.3 Å². The maximum atomic E-state index is 11.4. The second kappa shape index (κ2) is 4.49. The number of nitrogens with one attached hydrogen (secondary N) is 2. The van der Waals surface area contributed by atoms with E-state index in [0.29, 0.717) is 12.2 Å². The summed E-state index contributed by atoms with van der Waals surface area (Å²) in [7, 11) is 0. The van der Waals surface area contributed by atoms with Gasteiger partial charge in [-0.3, -0.25) is 10.1 Å². The first kappa shape index (κ1) is 12.2. The van der Waals surface area contributed by atoms with Gasteiger partial charge in [0.15, 0.2) is 0 Å². The Kier molecular flexibility index (Phi) is 2.62. The largest absolute Gasteiger partial charge is 0.480 e. The number of fused-ring (bicyclic) bond motifs is 3. The van der Waals surface area contributed by atoms with E-state index in [1.165, 1.54) is 0 Å². The van der Waals surface area contributed by atoms with Gasteiger partial charge in [-0.2, -0.15) is 0 Å². The Morgan fingerprint density at radius 1 is 1.24 bits per heavy atom.